The Labute approximate surface area is 156 Å². The van der Waals surface area contributed by atoms with Crippen LogP contribution in [0, 0.1) is 24.2 Å². The second-order valence-electron chi connectivity index (χ2n) is 8.37. The number of rotatable bonds is 3. The molecular formula is C20H24BrNO3. The van der Waals surface area contributed by atoms with Gasteiger partial charge in [-0.2, -0.15) is 0 Å². The van der Waals surface area contributed by atoms with Crippen LogP contribution in [0.15, 0.2) is 18.2 Å². The van der Waals surface area contributed by atoms with Gasteiger partial charge in [0.25, 0.3) is 0 Å². The van der Waals surface area contributed by atoms with Crippen LogP contribution in [0.4, 0.5) is 5.69 Å². The van der Waals surface area contributed by atoms with E-state index in [1.54, 1.807) is 12.1 Å². The summed E-state index contributed by atoms with van der Waals surface area (Å²) in [6.07, 6.45) is 6.69. The van der Waals surface area contributed by atoms with Crippen LogP contribution in [0.1, 0.15) is 54.4 Å². The Bertz CT molecular complexity index is 730. The van der Waals surface area contributed by atoms with Gasteiger partial charge in [-0.05, 0) is 81.0 Å². The fourth-order valence-electron chi connectivity index (χ4n) is 5.72. The molecule has 1 aromatic carbocycles. The maximum absolute atomic E-state index is 13.2. The van der Waals surface area contributed by atoms with E-state index in [0.717, 1.165) is 30.5 Å². The van der Waals surface area contributed by atoms with Gasteiger partial charge in [0.2, 0.25) is 5.91 Å². The third kappa shape index (κ3) is 2.90. The first kappa shape index (κ1) is 17.1. The number of carbonyl (C=O) groups excluding carboxylic acids is 2. The molecule has 0 saturated heterocycles. The van der Waals surface area contributed by atoms with Gasteiger partial charge in [-0.15, -0.1) is 0 Å². The van der Waals surface area contributed by atoms with Gasteiger partial charge in [-0.1, -0.05) is 15.9 Å². The van der Waals surface area contributed by atoms with Gasteiger partial charge < -0.3 is 10.1 Å². The number of alkyl halides is 1. The normalized spacial score (nSPS) is 35.5. The summed E-state index contributed by atoms with van der Waals surface area (Å²) >= 11 is 3.96. The molecule has 1 amide bonds. The molecule has 5 rings (SSSR count). The highest BCUT2D eigenvalue weighted by Crippen LogP contribution is 2.64. The third-order valence-corrected chi connectivity index (χ3v) is 7.29. The maximum atomic E-state index is 13.2. The lowest BCUT2D eigenvalue weighted by Gasteiger charge is -2.59. The SMILES string of the molecule is COC(=O)c1ccc(NC(=O)C23CC4CC(CC(Br)(C4)C2)C3)c(C)c1. The Morgan fingerprint density at radius 2 is 1.88 bits per heavy atom. The lowest BCUT2D eigenvalue weighted by molar-refractivity contribution is -0.138. The van der Waals surface area contributed by atoms with Gasteiger partial charge in [0.1, 0.15) is 0 Å². The Hall–Kier alpha value is -1.36. The molecule has 4 saturated carbocycles. The summed E-state index contributed by atoms with van der Waals surface area (Å²) in [6, 6.07) is 5.29. The van der Waals surface area contributed by atoms with Gasteiger partial charge in [-0.3, -0.25) is 4.79 Å². The summed E-state index contributed by atoms with van der Waals surface area (Å²) in [5.74, 6) is 1.14. The molecule has 0 aromatic heterocycles. The monoisotopic (exact) mass is 405 g/mol. The van der Waals surface area contributed by atoms with Crippen molar-refractivity contribution in [2.45, 2.75) is 49.8 Å². The van der Waals surface area contributed by atoms with Gasteiger partial charge in [0, 0.05) is 10.0 Å². The van der Waals surface area contributed by atoms with E-state index in [0.29, 0.717) is 17.4 Å². The first-order valence-corrected chi connectivity index (χ1v) is 9.81. The van der Waals surface area contributed by atoms with Crippen molar-refractivity contribution in [3.63, 3.8) is 0 Å². The zero-order valence-corrected chi connectivity index (χ0v) is 16.3. The number of anilines is 1. The first-order valence-electron chi connectivity index (χ1n) is 9.02. The van der Waals surface area contributed by atoms with Crippen LogP contribution < -0.4 is 5.32 Å². The summed E-state index contributed by atoms with van der Waals surface area (Å²) in [7, 11) is 1.37. The molecule has 4 nitrogen and oxygen atoms in total. The number of nitrogens with one attached hydrogen (secondary N) is 1. The smallest absolute Gasteiger partial charge is 0.337 e. The number of methoxy groups -OCH3 is 1. The van der Waals surface area contributed by atoms with Crippen LogP contribution in [0.5, 0.6) is 0 Å². The quantitative estimate of drug-likeness (QED) is 0.596. The van der Waals surface area contributed by atoms with E-state index >= 15 is 0 Å². The number of esters is 1. The lowest BCUT2D eigenvalue weighted by atomic mass is 9.49. The molecule has 0 aliphatic heterocycles. The van der Waals surface area contributed by atoms with E-state index in [2.05, 4.69) is 21.2 Å². The van der Waals surface area contributed by atoms with Crippen molar-refractivity contribution in [1.82, 2.24) is 0 Å². The van der Waals surface area contributed by atoms with Crippen LogP contribution in [0.3, 0.4) is 0 Å². The average molecular weight is 406 g/mol. The average Bonchev–Trinajstić information content (AvgIpc) is 2.53. The molecule has 0 radical (unpaired) electrons. The van der Waals surface area contributed by atoms with Crippen LogP contribution in [-0.4, -0.2) is 23.3 Å². The summed E-state index contributed by atoms with van der Waals surface area (Å²) in [4.78, 5) is 24.9. The number of ether oxygens (including phenoxy) is 1. The zero-order valence-electron chi connectivity index (χ0n) is 14.7. The van der Waals surface area contributed by atoms with Crippen LogP contribution in [-0.2, 0) is 9.53 Å². The Morgan fingerprint density at radius 1 is 1.20 bits per heavy atom. The minimum Gasteiger partial charge on any atom is -0.465 e. The number of hydrogen-bond donors (Lipinski definition) is 1. The molecule has 2 unspecified atom stereocenters. The Balaban J connectivity index is 1.55. The standard InChI is InChI=1S/C20H24BrNO3/c1-12-5-15(17(23)25-2)3-4-16(12)22-18(24)19-7-13-6-14(8-19)10-20(21,9-13)11-19/h3-5,13-14H,6-11H2,1-2H3,(H,22,24). The highest BCUT2D eigenvalue weighted by Gasteiger charge is 2.59. The van der Waals surface area contributed by atoms with Gasteiger partial charge in [0.05, 0.1) is 18.1 Å². The Morgan fingerprint density at radius 3 is 2.44 bits per heavy atom. The van der Waals surface area contributed by atoms with Crippen molar-refractivity contribution in [2.24, 2.45) is 17.3 Å². The van der Waals surface area contributed by atoms with E-state index in [1.165, 1.54) is 26.4 Å². The molecular weight excluding hydrogens is 382 g/mol. The highest BCUT2D eigenvalue weighted by atomic mass is 79.9. The van der Waals surface area contributed by atoms with E-state index < -0.39 is 0 Å². The number of carbonyl (C=O) groups is 2. The Kier molecular flexibility index (Phi) is 3.98. The molecule has 25 heavy (non-hydrogen) atoms. The molecule has 4 fully saturated rings. The van der Waals surface area contributed by atoms with Gasteiger partial charge in [0.15, 0.2) is 0 Å². The molecule has 0 spiro atoms. The van der Waals surface area contributed by atoms with Gasteiger partial charge >= 0.3 is 5.97 Å². The molecule has 1 aromatic rings. The van der Waals surface area contributed by atoms with E-state index in [4.69, 9.17) is 4.74 Å². The molecule has 1 N–H and O–H groups in total. The minimum absolute atomic E-state index is 0.152. The fourth-order valence-corrected chi connectivity index (χ4v) is 7.17. The first-order chi connectivity index (χ1) is 11.8. The summed E-state index contributed by atoms with van der Waals surface area (Å²) in [5, 5.41) is 3.16. The number of hydrogen-bond acceptors (Lipinski definition) is 3. The zero-order chi connectivity index (χ0) is 17.8. The third-order valence-electron chi connectivity index (χ3n) is 6.37. The predicted molar refractivity (Wildman–Crippen MR) is 99.9 cm³/mol. The molecule has 4 aliphatic rings. The van der Waals surface area contributed by atoms with Crippen molar-refractivity contribution >= 4 is 33.5 Å². The van der Waals surface area contributed by atoms with E-state index in [9.17, 15) is 9.59 Å². The summed E-state index contributed by atoms with van der Waals surface area (Å²) in [6.45, 7) is 1.91. The predicted octanol–water partition coefficient (Wildman–Crippen LogP) is 4.45. The molecule has 5 heteroatoms. The van der Waals surface area contributed by atoms with Crippen LogP contribution in [0.25, 0.3) is 0 Å². The van der Waals surface area contributed by atoms with Crippen molar-refractivity contribution in [2.75, 3.05) is 12.4 Å². The highest BCUT2D eigenvalue weighted by molar-refractivity contribution is 9.10. The van der Waals surface area contributed by atoms with Crippen molar-refractivity contribution in [3.05, 3.63) is 29.3 Å². The van der Waals surface area contributed by atoms with E-state index in [1.807, 2.05) is 13.0 Å². The van der Waals surface area contributed by atoms with Gasteiger partial charge in [-0.25, -0.2) is 4.79 Å². The number of aryl methyl sites for hydroxylation is 1. The number of halogens is 1. The van der Waals surface area contributed by atoms with E-state index in [-0.39, 0.29) is 21.6 Å². The second kappa shape index (κ2) is 5.83. The number of amides is 1. The van der Waals surface area contributed by atoms with Crippen molar-refractivity contribution in [1.29, 1.82) is 0 Å². The maximum Gasteiger partial charge on any atom is 0.337 e. The molecule has 134 valence electrons. The molecule has 4 aliphatic carbocycles. The molecule has 0 heterocycles. The number of benzene rings is 1. The minimum atomic E-state index is -0.358. The van der Waals surface area contributed by atoms with Crippen LogP contribution >= 0.6 is 15.9 Å². The second-order valence-corrected chi connectivity index (χ2v) is 10.0. The summed E-state index contributed by atoms with van der Waals surface area (Å²) < 4.78 is 4.92. The van der Waals surface area contributed by atoms with Crippen LogP contribution in [0.2, 0.25) is 0 Å². The fraction of sp³-hybridized carbons (Fsp3) is 0.600. The summed E-state index contributed by atoms with van der Waals surface area (Å²) in [5.41, 5.74) is 1.94. The van der Waals surface area contributed by atoms with Crippen molar-refractivity contribution in [3.8, 4) is 0 Å². The largest absolute Gasteiger partial charge is 0.465 e. The van der Waals surface area contributed by atoms with Crippen molar-refractivity contribution < 1.29 is 14.3 Å². The lowest BCUT2D eigenvalue weighted by Crippen LogP contribution is -2.57. The molecule has 4 bridgehead atoms. The molecule has 2 atom stereocenters. The topological polar surface area (TPSA) is 55.4 Å².